The van der Waals surface area contributed by atoms with Crippen LogP contribution < -0.4 is 0 Å². The molecule has 0 bridgehead atoms. The lowest BCUT2D eigenvalue weighted by molar-refractivity contribution is 0.561. The lowest BCUT2D eigenvalue weighted by atomic mass is 10.1. The molecule has 0 aliphatic heterocycles. The second kappa shape index (κ2) is 4.92. The van der Waals surface area contributed by atoms with Gasteiger partial charge in [0.05, 0.1) is 11.8 Å². The molecule has 0 radical (unpaired) electrons. The highest BCUT2D eigenvalue weighted by Gasteiger charge is 2.09. The maximum atomic E-state index is 13.6. The SMILES string of the molecule is CCCCc1ccc(F)c(-c2ncco2)c1. The van der Waals surface area contributed by atoms with E-state index in [2.05, 4.69) is 11.9 Å². The second-order valence-corrected chi connectivity index (χ2v) is 3.76. The van der Waals surface area contributed by atoms with Crippen LogP contribution in [0.5, 0.6) is 0 Å². The summed E-state index contributed by atoms with van der Waals surface area (Å²) in [5, 5.41) is 0. The van der Waals surface area contributed by atoms with Gasteiger partial charge >= 0.3 is 0 Å². The molecule has 0 unspecified atom stereocenters. The number of oxazole rings is 1. The van der Waals surface area contributed by atoms with Crippen LogP contribution >= 0.6 is 0 Å². The van der Waals surface area contributed by atoms with Gasteiger partial charge in [-0.15, -0.1) is 0 Å². The molecule has 84 valence electrons. The second-order valence-electron chi connectivity index (χ2n) is 3.76. The Morgan fingerprint density at radius 1 is 1.38 bits per heavy atom. The zero-order valence-corrected chi connectivity index (χ0v) is 9.24. The van der Waals surface area contributed by atoms with Gasteiger partial charge in [-0.25, -0.2) is 9.37 Å². The third-order valence-electron chi connectivity index (χ3n) is 2.51. The van der Waals surface area contributed by atoms with E-state index in [1.807, 2.05) is 12.1 Å². The molecule has 16 heavy (non-hydrogen) atoms. The van der Waals surface area contributed by atoms with Crippen molar-refractivity contribution in [3.8, 4) is 11.5 Å². The van der Waals surface area contributed by atoms with Crippen LogP contribution in [0.15, 0.2) is 35.1 Å². The molecule has 0 atom stereocenters. The van der Waals surface area contributed by atoms with Gasteiger partial charge in [-0.1, -0.05) is 19.4 Å². The fourth-order valence-corrected chi connectivity index (χ4v) is 1.63. The fraction of sp³-hybridized carbons (Fsp3) is 0.308. The van der Waals surface area contributed by atoms with Crippen LogP contribution in [-0.4, -0.2) is 4.98 Å². The van der Waals surface area contributed by atoms with Gasteiger partial charge in [0.25, 0.3) is 0 Å². The van der Waals surface area contributed by atoms with Gasteiger partial charge in [0.2, 0.25) is 5.89 Å². The van der Waals surface area contributed by atoms with Gasteiger partial charge in [-0.05, 0) is 30.5 Å². The monoisotopic (exact) mass is 219 g/mol. The molecule has 2 nitrogen and oxygen atoms in total. The molecule has 1 aromatic heterocycles. The minimum Gasteiger partial charge on any atom is -0.444 e. The number of rotatable bonds is 4. The van der Waals surface area contributed by atoms with E-state index in [0.29, 0.717) is 11.5 Å². The van der Waals surface area contributed by atoms with E-state index in [-0.39, 0.29) is 5.82 Å². The number of hydrogen-bond acceptors (Lipinski definition) is 2. The van der Waals surface area contributed by atoms with Crippen molar-refractivity contribution < 1.29 is 8.81 Å². The number of hydrogen-bond donors (Lipinski definition) is 0. The van der Waals surface area contributed by atoms with Crippen LogP contribution in [0.4, 0.5) is 4.39 Å². The molecule has 0 aliphatic rings. The number of nitrogens with zero attached hydrogens (tertiary/aromatic N) is 1. The highest BCUT2D eigenvalue weighted by atomic mass is 19.1. The van der Waals surface area contributed by atoms with Gasteiger partial charge in [0.15, 0.2) is 0 Å². The predicted molar refractivity (Wildman–Crippen MR) is 60.5 cm³/mol. The lowest BCUT2D eigenvalue weighted by Gasteiger charge is -2.03. The molecule has 1 aromatic carbocycles. The standard InChI is InChI=1S/C13H14FNO/c1-2-3-4-10-5-6-12(14)11(9-10)13-15-7-8-16-13/h5-9H,2-4H2,1H3. The zero-order valence-electron chi connectivity index (χ0n) is 9.24. The minimum atomic E-state index is -0.289. The van der Waals surface area contributed by atoms with Crippen molar-refractivity contribution in [1.29, 1.82) is 0 Å². The molecular formula is C13H14FNO. The van der Waals surface area contributed by atoms with Crippen LogP contribution in [-0.2, 0) is 6.42 Å². The summed E-state index contributed by atoms with van der Waals surface area (Å²) in [6, 6.07) is 5.11. The zero-order chi connectivity index (χ0) is 11.4. The summed E-state index contributed by atoms with van der Waals surface area (Å²) in [4.78, 5) is 3.96. The molecule has 0 saturated carbocycles. The first-order valence-corrected chi connectivity index (χ1v) is 5.49. The Bertz CT molecular complexity index is 451. The molecular weight excluding hydrogens is 205 g/mol. The summed E-state index contributed by atoms with van der Waals surface area (Å²) in [5.41, 5.74) is 1.56. The quantitative estimate of drug-likeness (QED) is 0.781. The van der Waals surface area contributed by atoms with Crippen molar-refractivity contribution in [3.63, 3.8) is 0 Å². The van der Waals surface area contributed by atoms with Crippen LogP contribution in [0.3, 0.4) is 0 Å². The maximum Gasteiger partial charge on any atom is 0.228 e. The first-order valence-electron chi connectivity index (χ1n) is 5.49. The summed E-state index contributed by atoms with van der Waals surface area (Å²) in [6.07, 6.45) is 6.17. The van der Waals surface area contributed by atoms with Crippen molar-refractivity contribution in [2.75, 3.05) is 0 Å². The first-order chi connectivity index (χ1) is 7.81. The highest BCUT2D eigenvalue weighted by Crippen LogP contribution is 2.23. The van der Waals surface area contributed by atoms with Gasteiger partial charge < -0.3 is 4.42 Å². The van der Waals surface area contributed by atoms with E-state index in [1.54, 1.807) is 0 Å². The largest absolute Gasteiger partial charge is 0.444 e. The first kappa shape index (κ1) is 10.9. The van der Waals surface area contributed by atoms with Crippen molar-refractivity contribution in [1.82, 2.24) is 4.98 Å². The Labute approximate surface area is 94.1 Å². The molecule has 1 heterocycles. The Hall–Kier alpha value is -1.64. The third kappa shape index (κ3) is 2.30. The highest BCUT2D eigenvalue weighted by molar-refractivity contribution is 5.55. The molecule has 0 amide bonds. The molecule has 2 aromatic rings. The summed E-state index contributed by atoms with van der Waals surface area (Å²) in [5.74, 6) is 0.0542. The Morgan fingerprint density at radius 2 is 2.25 bits per heavy atom. The maximum absolute atomic E-state index is 13.6. The summed E-state index contributed by atoms with van der Waals surface area (Å²) in [6.45, 7) is 2.14. The number of halogens is 1. The van der Waals surface area contributed by atoms with Crippen LogP contribution in [0.2, 0.25) is 0 Å². The Balaban J connectivity index is 2.30. The summed E-state index contributed by atoms with van der Waals surface area (Å²) >= 11 is 0. The van der Waals surface area contributed by atoms with Crippen LogP contribution in [0.25, 0.3) is 11.5 Å². The van der Waals surface area contributed by atoms with Gasteiger partial charge in [-0.3, -0.25) is 0 Å². The van der Waals surface area contributed by atoms with Crippen molar-refractivity contribution in [2.24, 2.45) is 0 Å². The van der Waals surface area contributed by atoms with Gasteiger partial charge in [0.1, 0.15) is 12.1 Å². The average molecular weight is 219 g/mol. The van der Waals surface area contributed by atoms with Crippen molar-refractivity contribution in [3.05, 3.63) is 42.0 Å². The van der Waals surface area contributed by atoms with Crippen molar-refractivity contribution >= 4 is 0 Å². The van der Waals surface area contributed by atoms with Crippen LogP contribution in [0, 0.1) is 5.82 Å². The third-order valence-corrected chi connectivity index (χ3v) is 2.51. The lowest BCUT2D eigenvalue weighted by Crippen LogP contribution is -1.90. The molecule has 2 rings (SSSR count). The van der Waals surface area contributed by atoms with E-state index in [9.17, 15) is 4.39 Å². The number of unbranched alkanes of at least 4 members (excludes halogenated alkanes) is 1. The summed E-state index contributed by atoms with van der Waals surface area (Å²) in [7, 11) is 0. The normalized spacial score (nSPS) is 10.6. The smallest absolute Gasteiger partial charge is 0.228 e. The van der Waals surface area contributed by atoms with E-state index < -0.39 is 0 Å². The van der Waals surface area contributed by atoms with E-state index in [0.717, 1.165) is 24.8 Å². The van der Waals surface area contributed by atoms with Gasteiger partial charge in [0, 0.05) is 0 Å². The minimum absolute atomic E-state index is 0.289. The van der Waals surface area contributed by atoms with E-state index in [1.165, 1.54) is 18.5 Å². The molecule has 0 fully saturated rings. The van der Waals surface area contributed by atoms with Crippen molar-refractivity contribution in [2.45, 2.75) is 26.2 Å². The Morgan fingerprint density at radius 3 is 2.94 bits per heavy atom. The predicted octanol–water partition coefficient (Wildman–Crippen LogP) is 3.82. The van der Waals surface area contributed by atoms with E-state index >= 15 is 0 Å². The topological polar surface area (TPSA) is 26.0 Å². The van der Waals surface area contributed by atoms with E-state index in [4.69, 9.17) is 4.42 Å². The number of aromatic nitrogens is 1. The molecule has 0 saturated heterocycles. The molecule has 0 N–H and O–H groups in total. The van der Waals surface area contributed by atoms with Gasteiger partial charge in [-0.2, -0.15) is 0 Å². The fourth-order valence-electron chi connectivity index (χ4n) is 1.63. The molecule has 0 aliphatic carbocycles. The summed E-state index contributed by atoms with van der Waals surface area (Å²) < 4.78 is 18.7. The van der Waals surface area contributed by atoms with Crippen LogP contribution in [0.1, 0.15) is 25.3 Å². The average Bonchev–Trinajstić information content (AvgIpc) is 2.81. The molecule has 3 heteroatoms. The Kier molecular flexibility index (Phi) is 3.34. The molecule has 0 spiro atoms. The number of benzene rings is 1. The number of aryl methyl sites for hydroxylation is 1.